The summed E-state index contributed by atoms with van der Waals surface area (Å²) in [7, 11) is 0. The molecule has 6 nitrogen and oxygen atoms in total. The van der Waals surface area contributed by atoms with E-state index in [1.54, 1.807) is 25.1 Å². The van der Waals surface area contributed by atoms with Crippen molar-refractivity contribution in [2.24, 2.45) is 0 Å². The van der Waals surface area contributed by atoms with E-state index >= 15 is 0 Å². The van der Waals surface area contributed by atoms with E-state index in [1.165, 1.54) is 0 Å². The van der Waals surface area contributed by atoms with Crippen LogP contribution in [0.3, 0.4) is 0 Å². The Bertz CT molecular complexity index is 944. The molecule has 0 unspecified atom stereocenters. The van der Waals surface area contributed by atoms with E-state index in [2.05, 4.69) is 15.6 Å². The lowest BCUT2D eigenvalue weighted by atomic mass is 10.1. The number of ether oxygens (including phenoxy) is 1. The third-order valence-electron chi connectivity index (χ3n) is 4.21. The topological polar surface area (TPSA) is 83.2 Å². The number of hydrogen-bond donors (Lipinski definition) is 3. The summed E-state index contributed by atoms with van der Waals surface area (Å²) in [4.78, 5) is 27.5. The fraction of sp³-hybridized carbons (Fsp3) is 0.158. The lowest BCUT2D eigenvalue weighted by molar-refractivity contribution is -0.122. The fourth-order valence-corrected chi connectivity index (χ4v) is 2.91. The van der Waals surface area contributed by atoms with E-state index in [9.17, 15) is 9.59 Å². The van der Waals surface area contributed by atoms with Crippen LogP contribution >= 0.6 is 0 Å². The van der Waals surface area contributed by atoms with Crippen LogP contribution in [-0.4, -0.2) is 22.9 Å². The third kappa shape index (κ3) is 2.82. The van der Waals surface area contributed by atoms with Gasteiger partial charge in [0.2, 0.25) is 0 Å². The summed E-state index contributed by atoms with van der Waals surface area (Å²) in [5, 5.41) is 6.74. The molecule has 25 heavy (non-hydrogen) atoms. The number of amides is 2. The van der Waals surface area contributed by atoms with Crippen LogP contribution in [0.5, 0.6) is 5.75 Å². The van der Waals surface area contributed by atoms with Crippen LogP contribution in [-0.2, 0) is 11.3 Å². The van der Waals surface area contributed by atoms with Gasteiger partial charge in [0.1, 0.15) is 0 Å². The van der Waals surface area contributed by atoms with Gasteiger partial charge in [-0.05, 0) is 36.6 Å². The number of carbonyl (C=O) groups excluding carboxylic acids is 2. The van der Waals surface area contributed by atoms with Crippen molar-refractivity contribution in [1.29, 1.82) is 0 Å². The highest BCUT2D eigenvalue weighted by Gasteiger charge is 2.27. The Morgan fingerprint density at radius 2 is 2.04 bits per heavy atom. The second-order valence-electron chi connectivity index (χ2n) is 6.00. The Morgan fingerprint density at radius 3 is 2.88 bits per heavy atom. The molecule has 0 saturated heterocycles. The molecular formula is C19H17N3O3. The first-order chi connectivity index (χ1) is 12.1. The number of para-hydroxylation sites is 2. The second-order valence-corrected chi connectivity index (χ2v) is 6.00. The van der Waals surface area contributed by atoms with Crippen molar-refractivity contribution in [1.82, 2.24) is 10.3 Å². The van der Waals surface area contributed by atoms with Gasteiger partial charge in [0.15, 0.2) is 11.9 Å². The van der Waals surface area contributed by atoms with Crippen LogP contribution < -0.4 is 15.4 Å². The fourth-order valence-electron chi connectivity index (χ4n) is 2.91. The summed E-state index contributed by atoms with van der Waals surface area (Å²) < 4.78 is 5.62. The molecule has 1 aliphatic rings. The minimum Gasteiger partial charge on any atom is -0.478 e. The van der Waals surface area contributed by atoms with E-state index < -0.39 is 6.10 Å². The van der Waals surface area contributed by atoms with Crippen LogP contribution in [0, 0.1) is 0 Å². The normalized spacial score (nSPS) is 16.0. The summed E-state index contributed by atoms with van der Waals surface area (Å²) >= 11 is 0. The predicted molar refractivity (Wildman–Crippen MR) is 94.6 cm³/mol. The minimum absolute atomic E-state index is 0.219. The molecule has 6 heteroatoms. The predicted octanol–water partition coefficient (Wildman–Crippen LogP) is 2.82. The molecule has 3 N–H and O–H groups in total. The van der Waals surface area contributed by atoms with Gasteiger partial charge in [0.05, 0.1) is 17.8 Å². The summed E-state index contributed by atoms with van der Waals surface area (Å²) in [6.45, 7) is 2.02. The Kier molecular flexibility index (Phi) is 3.65. The van der Waals surface area contributed by atoms with Crippen LogP contribution in [0.2, 0.25) is 0 Å². The summed E-state index contributed by atoms with van der Waals surface area (Å²) in [6, 6.07) is 15.1. The number of aromatic amines is 1. The van der Waals surface area contributed by atoms with Crippen LogP contribution in [0.15, 0.2) is 48.5 Å². The molecule has 0 radical (unpaired) electrons. The van der Waals surface area contributed by atoms with Crippen molar-refractivity contribution < 1.29 is 14.3 Å². The summed E-state index contributed by atoms with van der Waals surface area (Å²) in [5.41, 5.74) is 2.87. The second kappa shape index (κ2) is 5.98. The van der Waals surface area contributed by atoms with Gasteiger partial charge in [-0.2, -0.15) is 0 Å². The largest absolute Gasteiger partial charge is 0.478 e. The van der Waals surface area contributed by atoms with Gasteiger partial charge in [-0.1, -0.05) is 24.3 Å². The van der Waals surface area contributed by atoms with Gasteiger partial charge in [-0.25, -0.2) is 0 Å². The number of H-pyrrole nitrogens is 1. The van der Waals surface area contributed by atoms with E-state index in [-0.39, 0.29) is 11.8 Å². The number of hydrogen-bond acceptors (Lipinski definition) is 3. The van der Waals surface area contributed by atoms with Gasteiger partial charge in [0.25, 0.3) is 11.8 Å². The highest BCUT2D eigenvalue weighted by molar-refractivity contribution is 6.04. The maximum atomic E-state index is 12.6. The average molecular weight is 335 g/mol. The first-order valence-corrected chi connectivity index (χ1v) is 8.07. The van der Waals surface area contributed by atoms with Crippen LogP contribution in [0.25, 0.3) is 10.9 Å². The number of benzene rings is 2. The van der Waals surface area contributed by atoms with Crippen LogP contribution in [0.1, 0.15) is 23.0 Å². The maximum Gasteiger partial charge on any atom is 0.265 e. The highest BCUT2D eigenvalue weighted by Crippen LogP contribution is 2.33. The molecule has 3 aromatic rings. The molecular weight excluding hydrogens is 318 g/mol. The number of aromatic nitrogens is 1. The van der Waals surface area contributed by atoms with E-state index in [0.29, 0.717) is 23.5 Å². The zero-order chi connectivity index (χ0) is 17.4. The summed E-state index contributed by atoms with van der Waals surface area (Å²) in [5.74, 6) is -0.0641. The lowest BCUT2D eigenvalue weighted by Crippen LogP contribution is -2.35. The van der Waals surface area contributed by atoms with Crippen molar-refractivity contribution in [2.45, 2.75) is 19.6 Å². The molecule has 0 fully saturated rings. The molecule has 1 atom stereocenters. The molecule has 0 spiro atoms. The first kappa shape index (κ1) is 15.3. The molecule has 0 bridgehead atoms. The molecule has 2 amide bonds. The number of carbonyl (C=O) groups is 2. The number of fused-ring (bicyclic) bond motifs is 2. The van der Waals surface area contributed by atoms with Crippen LogP contribution in [0.4, 0.5) is 5.69 Å². The average Bonchev–Trinajstić information content (AvgIpc) is 3.03. The molecule has 0 aliphatic carbocycles. The Labute approximate surface area is 144 Å². The highest BCUT2D eigenvalue weighted by atomic mass is 16.5. The molecule has 126 valence electrons. The molecule has 1 aromatic heterocycles. The summed E-state index contributed by atoms with van der Waals surface area (Å²) in [6.07, 6.45) is -0.629. The van der Waals surface area contributed by atoms with Gasteiger partial charge in [-0.3, -0.25) is 9.59 Å². The van der Waals surface area contributed by atoms with Crippen molar-refractivity contribution >= 4 is 28.4 Å². The third-order valence-corrected chi connectivity index (χ3v) is 4.21. The smallest absolute Gasteiger partial charge is 0.265 e. The Hall–Kier alpha value is -3.28. The van der Waals surface area contributed by atoms with Gasteiger partial charge >= 0.3 is 0 Å². The van der Waals surface area contributed by atoms with Crippen molar-refractivity contribution in [2.75, 3.05) is 5.32 Å². The van der Waals surface area contributed by atoms with E-state index in [1.807, 2.05) is 30.3 Å². The maximum absolute atomic E-state index is 12.6. The standard InChI is InChI=1S/C19H17N3O3/c1-11-18(23)22-16-8-4-6-14(17(16)25-11)19(24)20-10-13-9-12-5-2-3-7-15(12)21-13/h2-9,11,21H,10H2,1H3,(H,20,24)(H,22,23)/t11-/m0/s1. The van der Waals surface area contributed by atoms with Crippen molar-refractivity contribution in [3.63, 3.8) is 0 Å². The van der Waals surface area contributed by atoms with Gasteiger partial charge in [0, 0.05) is 11.2 Å². The van der Waals surface area contributed by atoms with E-state index in [4.69, 9.17) is 4.74 Å². The van der Waals surface area contributed by atoms with Crippen molar-refractivity contribution in [3.05, 3.63) is 59.8 Å². The van der Waals surface area contributed by atoms with Crippen molar-refractivity contribution in [3.8, 4) is 5.75 Å². The molecule has 2 heterocycles. The first-order valence-electron chi connectivity index (χ1n) is 8.07. The zero-order valence-electron chi connectivity index (χ0n) is 13.6. The van der Waals surface area contributed by atoms with Gasteiger partial charge < -0.3 is 20.4 Å². The zero-order valence-corrected chi connectivity index (χ0v) is 13.6. The quantitative estimate of drug-likeness (QED) is 0.688. The van der Waals surface area contributed by atoms with E-state index in [0.717, 1.165) is 16.6 Å². The lowest BCUT2D eigenvalue weighted by Gasteiger charge is -2.25. The Balaban J connectivity index is 1.53. The van der Waals surface area contributed by atoms with Gasteiger partial charge in [-0.15, -0.1) is 0 Å². The molecule has 4 rings (SSSR count). The number of anilines is 1. The molecule has 0 saturated carbocycles. The number of rotatable bonds is 3. The molecule has 1 aliphatic heterocycles. The number of nitrogens with one attached hydrogen (secondary N) is 3. The minimum atomic E-state index is -0.629. The Morgan fingerprint density at radius 1 is 1.20 bits per heavy atom. The molecule has 2 aromatic carbocycles. The SMILES string of the molecule is C[C@@H]1Oc2c(cccc2C(=O)NCc2cc3ccccc3[nH]2)NC1=O. The monoisotopic (exact) mass is 335 g/mol.